The van der Waals surface area contributed by atoms with Gasteiger partial charge in [-0.2, -0.15) is 0 Å². The summed E-state index contributed by atoms with van der Waals surface area (Å²) in [7, 11) is -2.17. The normalized spacial score (nSPS) is 9.95. The van der Waals surface area contributed by atoms with E-state index in [2.05, 4.69) is 0 Å². The number of aliphatic hydroxyl groups excluding tert-OH is 1. The first-order valence-electron chi connectivity index (χ1n) is 6.11. The predicted octanol–water partition coefficient (Wildman–Crippen LogP) is -1.99. The summed E-state index contributed by atoms with van der Waals surface area (Å²) in [6, 6.07) is 0. The van der Waals surface area contributed by atoms with E-state index in [1.54, 1.807) is 0 Å². The molecule has 8 nitrogen and oxygen atoms in total. The molecule has 0 aromatic rings. The lowest BCUT2D eigenvalue weighted by atomic mass is 10.3. The monoisotopic (exact) mass is 284 g/mol. The second-order valence-electron chi connectivity index (χ2n) is 3.10. The Morgan fingerprint density at radius 3 is 1.32 bits per heavy atom. The second-order valence-corrected chi connectivity index (χ2v) is 3.10. The SMILES string of the molecule is CCOCCOCCOCCOCCO.OB(O)O. The van der Waals surface area contributed by atoms with Crippen molar-refractivity contribution < 1.29 is 39.1 Å². The van der Waals surface area contributed by atoms with Crippen molar-refractivity contribution >= 4 is 7.32 Å². The fourth-order valence-corrected chi connectivity index (χ4v) is 0.869. The Kier molecular flexibility index (Phi) is 22.2. The first-order chi connectivity index (χ1) is 9.15. The molecule has 9 heteroatoms. The van der Waals surface area contributed by atoms with Gasteiger partial charge in [-0.3, -0.25) is 0 Å². The van der Waals surface area contributed by atoms with E-state index in [9.17, 15) is 0 Å². The molecule has 0 atom stereocenters. The average Bonchev–Trinajstić information content (AvgIpc) is 2.35. The van der Waals surface area contributed by atoms with Crippen molar-refractivity contribution in [1.29, 1.82) is 0 Å². The Morgan fingerprint density at radius 1 is 0.684 bits per heavy atom. The van der Waals surface area contributed by atoms with E-state index >= 15 is 0 Å². The van der Waals surface area contributed by atoms with E-state index in [1.165, 1.54) is 0 Å². The fourth-order valence-electron chi connectivity index (χ4n) is 0.869. The minimum Gasteiger partial charge on any atom is -0.402 e. The first-order valence-corrected chi connectivity index (χ1v) is 6.11. The van der Waals surface area contributed by atoms with Crippen LogP contribution in [0.25, 0.3) is 0 Å². The van der Waals surface area contributed by atoms with E-state index in [-0.39, 0.29) is 6.61 Å². The van der Waals surface area contributed by atoms with Gasteiger partial charge in [0.15, 0.2) is 0 Å². The van der Waals surface area contributed by atoms with E-state index < -0.39 is 7.32 Å². The van der Waals surface area contributed by atoms with Gasteiger partial charge in [0.05, 0.1) is 52.9 Å². The Balaban J connectivity index is 0. The minimum absolute atomic E-state index is 0.0561. The Bertz CT molecular complexity index is 135. The van der Waals surface area contributed by atoms with Crippen LogP contribution in [0.15, 0.2) is 0 Å². The van der Waals surface area contributed by atoms with E-state index in [0.717, 1.165) is 6.61 Å². The van der Waals surface area contributed by atoms with Crippen LogP contribution in [0.5, 0.6) is 0 Å². The minimum atomic E-state index is -2.17. The van der Waals surface area contributed by atoms with Crippen molar-refractivity contribution in [1.82, 2.24) is 0 Å². The van der Waals surface area contributed by atoms with Gasteiger partial charge in [0.2, 0.25) is 0 Å². The molecule has 0 heterocycles. The zero-order valence-electron chi connectivity index (χ0n) is 11.4. The van der Waals surface area contributed by atoms with Gasteiger partial charge < -0.3 is 39.1 Å². The third kappa shape index (κ3) is 31.9. The Morgan fingerprint density at radius 2 is 1.00 bits per heavy atom. The molecule has 0 bridgehead atoms. The summed E-state index contributed by atoms with van der Waals surface area (Å²) in [6.45, 7) is 6.54. The van der Waals surface area contributed by atoms with Crippen LogP contribution in [0.1, 0.15) is 6.92 Å². The van der Waals surface area contributed by atoms with Crippen molar-refractivity contribution in [3.63, 3.8) is 0 Å². The largest absolute Gasteiger partial charge is 0.631 e. The number of hydrogen-bond donors (Lipinski definition) is 4. The van der Waals surface area contributed by atoms with Crippen molar-refractivity contribution in [2.45, 2.75) is 6.92 Å². The molecule has 0 amide bonds. The second kappa shape index (κ2) is 20.1. The third-order valence-electron chi connectivity index (χ3n) is 1.56. The van der Waals surface area contributed by atoms with Crippen LogP contribution in [0.2, 0.25) is 0 Å². The van der Waals surface area contributed by atoms with Crippen LogP contribution in [0, 0.1) is 0 Å². The van der Waals surface area contributed by atoms with E-state index in [4.69, 9.17) is 39.1 Å². The van der Waals surface area contributed by atoms with E-state index in [0.29, 0.717) is 46.2 Å². The molecule has 0 aliphatic carbocycles. The Hall–Kier alpha value is -0.255. The lowest BCUT2D eigenvalue weighted by Crippen LogP contribution is -2.12. The summed E-state index contributed by atoms with van der Waals surface area (Å²) in [5.74, 6) is 0. The molecule has 0 aromatic carbocycles. The van der Waals surface area contributed by atoms with Crippen LogP contribution in [0.3, 0.4) is 0 Å². The van der Waals surface area contributed by atoms with Gasteiger partial charge in [0.25, 0.3) is 0 Å². The predicted molar refractivity (Wildman–Crippen MR) is 68.4 cm³/mol. The summed E-state index contributed by atoms with van der Waals surface area (Å²) >= 11 is 0. The molecule has 0 rings (SSSR count). The van der Waals surface area contributed by atoms with Crippen molar-refractivity contribution in [3.05, 3.63) is 0 Å². The molecule has 0 saturated carbocycles. The van der Waals surface area contributed by atoms with Gasteiger partial charge in [-0.25, -0.2) is 0 Å². The topological polar surface area (TPSA) is 118 Å². The average molecular weight is 284 g/mol. The Labute approximate surface area is 114 Å². The molecule has 0 unspecified atom stereocenters. The summed E-state index contributed by atoms with van der Waals surface area (Å²) in [5.41, 5.74) is 0. The number of aliphatic hydroxyl groups is 1. The summed E-state index contributed by atoms with van der Waals surface area (Å²) < 4.78 is 20.5. The molecular formula is C10H25BO8. The molecule has 0 radical (unpaired) electrons. The highest BCUT2D eigenvalue weighted by molar-refractivity contribution is 6.30. The molecular weight excluding hydrogens is 259 g/mol. The van der Waals surface area contributed by atoms with Crippen LogP contribution in [-0.4, -0.2) is 87.0 Å². The molecule has 116 valence electrons. The molecule has 0 aliphatic rings. The summed E-state index contributed by atoms with van der Waals surface area (Å²) in [5, 5.41) is 29.9. The smallest absolute Gasteiger partial charge is 0.402 e. The van der Waals surface area contributed by atoms with Gasteiger partial charge >= 0.3 is 7.32 Å². The molecule has 0 fully saturated rings. The summed E-state index contributed by atoms with van der Waals surface area (Å²) in [6.07, 6.45) is 0. The first kappa shape index (κ1) is 21.1. The van der Waals surface area contributed by atoms with Crippen molar-refractivity contribution in [2.75, 3.05) is 59.5 Å². The standard InChI is InChI=1S/C10H22O5.BH3O3/c1-2-12-5-6-14-9-10-15-8-7-13-4-3-11;2-1(3)4/h11H,2-10H2,1H3;2-4H. The fraction of sp³-hybridized carbons (Fsp3) is 1.00. The highest BCUT2D eigenvalue weighted by atomic mass is 16.6. The maximum absolute atomic E-state index is 8.41. The quantitative estimate of drug-likeness (QED) is 0.240. The molecule has 0 aromatic heterocycles. The lowest BCUT2D eigenvalue weighted by molar-refractivity contribution is -0.00438. The van der Waals surface area contributed by atoms with Crippen molar-refractivity contribution in [3.8, 4) is 0 Å². The maximum Gasteiger partial charge on any atom is 0.631 e. The zero-order valence-corrected chi connectivity index (χ0v) is 11.4. The van der Waals surface area contributed by atoms with Crippen LogP contribution in [0.4, 0.5) is 0 Å². The lowest BCUT2D eigenvalue weighted by Gasteiger charge is -2.06. The van der Waals surface area contributed by atoms with Crippen LogP contribution in [-0.2, 0) is 18.9 Å². The van der Waals surface area contributed by atoms with Gasteiger partial charge in [-0.1, -0.05) is 0 Å². The number of rotatable bonds is 12. The third-order valence-corrected chi connectivity index (χ3v) is 1.56. The molecule has 19 heavy (non-hydrogen) atoms. The molecule has 0 spiro atoms. The highest BCUT2D eigenvalue weighted by Gasteiger charge is 1.92. The molecule has 0 aliphatic heterocycles. The van der Waals surface area contributed by atoms with E-state index in [1.807, 2.05) is 6.92 Å². The maximum atomic E-state index is 8.41. The van der Waals surface area contributed by atoms with Gasteiger partial charge in [-0.15, -0.1) is 0 Å². The van der Waals surface area contributed by atoms with Crippen molar-refractivity contribution in [2.24, 2.45) is 0 Å². The number of hydrogen-bond acceptors (Lipinski definition) is 8. The highest BCUT2D eigenvalue weighted by Crippen LogP contribution is 1.82. The van der Waals surface area contributed by atoms with Gasteiger partial charge in [0, 0.05) is 6.61 Å². The summed E-state index contributed by atoms with van der Waals surface area (Å²) in [4.78, 5) is 0. The van der Waals surface area contributed by atoms with Crippen LogP contribution >= 0.6 is 0 Å². The molecule has 4 N–H and O–H groups in total. The zero-order chi connectivity index (χ0) is 14.8. The van der Waals surface area contributed by atoms with Gasteiger partial charge in [0.1, 0.15) is 0 Å². The van der Waals surface area contributed by atoms with Crippen LogP contribution < -0.4 is 0 Å². The van der Waals surface area contributed by atoms with Gasteiger partial charge in [-0.05, 0) is 6.92 Å². The molecule has 0 saturated heterocycles. The number of ether oxygens (including phenoxy) is 4.